The third kappa shape index (κ3) is 5.57. The van der Waals surface area contributed by atoms with Gasteiger partial charge in [0.25, 0.3) is 0 Å². The van der Waals surface area contributed by atoms with E-state index in [2.05, 4.69) is 15.0 Å². The first-order chi connectivity index (χ1) is 12.4. The molecule has 0 radical (unpaired) electrons. The molecule has 2 aromatic rings. The van der Waals surface area contributed by atoms with Gasteiger partial charge in [-0.2, -0.15) is 26.3 Å². The Morgan fingerprint density at radius 1 is 1.22 bits per heavy atom. The molecule has 12 heteroatoms. The highest BCUT2D eigenvalue weighted by Crippen LogP contribution is 2.32. The second-order valence-electron chi connectivity index (χ2n) is 5.35. The van der Waals surface area contributed by atoms with Gasteiger partial charge in [-0.05, 0) is 31.2 Å². The maximum absolute atomic E-state index is 12.5. The number of nitrogens with two attached hydrogens (primary N) is 1. The number of nitrogens with one attached hydrogen (secondary N) is 1. The average Bonchev–Trinajstić information content (AvgIpc) is 2.91. The van der Waals surface area contributed by atoms with Crippen molar-refractivity contribution in [1.29, 1.82) is 0 Å². The molecule has 0 saturated heterocycles. The molecule has 27 heavy (non-hydrogen) atoms. The minimum Gasteiger partial charge on any atom is -0.382 e. The molecular weight excluding hydrogens is 400 g/mol. The van der Waals surface area contributed by atoms with Crippen LogP contribution in [-0.2, 0) is 10.9 Å². The molecule has 1 aromatic heterocycles. The minimum absolute atomic E-state index is 0.0967. The summed E-state index contributed by atoms with van der Waals surface area (Å²) >= 11 is 0.751. The quantitative estimate of drug-likeness (QED) is 0.533. The molecule has 1 unspecified atom stereocenters. The number of carbonyl (C=O) groups is 1. The molecule has 0 aliphatic carbocycles. The Morgan fingerprint density at radius 3 is 2.33 bits per heavy atom. The number of aromatic nitrogens is 1. The lowest BCUT2D eigenvalue weighted by Gasteiger charge is -2.15. The highest BCUT2D eigenvalue weighted by atomic mass is 32.1. The van der Waals surface area contributed by atoms with E-state index >= 15 is 0 Å². The Balaban J connectivity index is 2.04. The topological polar surface area (TPSA) is 77.2 Å². The van der Waals surface area contributed by atoms with E-state index in [4.69, 9.17) is 5.73 Å². The van der Waals surface area contributed by atoms with Crippen LogP contribution in [-0.4, -0.2) is 29.7 Å². The number of anilines is 3. The van der Waals surface area contributed by atoms with Crippen molar-refractivity contribution in [2.75, 3.05) is 17.7 Å². The monoisotopic (exact) mass is 413 g/mol. The molecule has 1 aromatic carbocycles. The maximum Gasteiger partial charge on any atom is 0.416 e. The van der Waals surface area contributed by atoms with Gasteiger partial charge in [0.1, 0.15) is 17.3 Å². The number of ether oxygens (including phenoxy) is 1. The predicted octanol–water partition coefficient (Wildman–Crippen LogP) is 4.64. The van der Waals surface area contributed by atoms with Crippen molar-refractivity contribution in [3.63, 3.8) is 0 Å². The van der Waals surface area contributed by atoms with Crippen LogP contribution < -0.4 is 11.1 Å². The van der Waals surface area contributed by atoms with Gasteiger partial charge in [-0.1, -0.05) is 11.3 Å². The molecule has 0 spiro atoms. The third-order valence-corrected chi connectivity index (χ3v) is 4.32. The first-order valence-electron chi connectivity index (χ1n) is 7.30. The zero-order valence-corrected chi connectivity index (χ0v) is 14.4. The highest BCUT2D eigenvalue weighted by Gasteiger charge is 2.37. The summed E-state index contributed by atoms with van der Waals surface area (Å²) in [5.41, 5.74) is 5.01. The smallest absolute Gasteiger partial charge is 0.382 e. The van der Waals surface area contributed by atoms with Crippen LogP contribution in [0.5, 0.6) is 0 Å². The summed E-state index contributed by atoms with van der Waals surface area (Å²) < 4.78 is 79.2. The average molecular weight is 413 g/mol. The molecule has 0 saturated carbocycles. The fraction of sp³-hybridized carbons (Fsp3) is 0.333. The maximum atomic E-state index is 12.5. The molecule has 1 heterocycles. The van der Waals surface area contributed by atoms with Crippen LogP contribution in [0, 0.1) is 0 Å². The van der Waals surface area contributed by atoms with Gasteiger partial charge in [0.05, 0.1) is 5.56 Å². The SMILES string of the molecule is CC(OCC(=O)c1sc(Nc2ccc(C(F)(F)F)cc2)nc1N)C(F)(F)F. The number of benzene rings is 1. The van der Waals surface area contributed by atoms with Crippen LogP contribution in [0.2, 0.25) is 0 Å². The molecular formula is C15H13F6N3O2S. The van der Waals surface area contributed by atoms with E-state index in [9.17, 15) is 31.1 Å². The van der Waals surface area contributed by atoms with Gasteiger partial charge in [0, 0.05) is 5.69 Å². The number of nitrogen functional groups attached to an aromatic ring is 1. The number of Topliss-reactive ketones (excluding diaryl/α,β-unsaturated/α-hetero) is 1. The summed E-state index contributed by atoms with van der Waals surface area (Å²) in [7, 11) is 0. The Kier molecular flexibility index (Phi) is 6.00. The molecule has 5 nitrogen and oxygen atoms in total. The van der Waals surface area contributed by atoms with E-state index in [0.717, 1.165) is 42.5 Å². The van der Waals surface area contributed by atoms with Gasteiger partial charge in [-0.3, -0.25) is 4.79 Å². The number of ketones is 1. The summed E-state index contributed by atoms with van der Waals surface area (Å²) in [6, 6.07) is 4.04. The van der Waals surface area contributed by atoms with E-state index in [1.54, 1.807) is 0 Å². The molecule has 0 aliphatic heterocycles. The molecule has 148 valence electrons. The van der Waals surface area contributed by atoms with E-state index in [-0.39, 0.29) is 21.5 Å². The summed E-state index contributed by atoms with van der Waals surface area (Å²) in [5.74, 6) is -1.01. The summed E-state index contributed by atoms with van der Waals surface area (Å²) in [4.78, 5) is 15.7. The Labute approximate surface area is 153 Å². The third-order valence-electron chi connectivity index (χ3n) is 3.30. The largest absolute Gasteiger partial charge is 0.416 e. The van der Waals surface area contributed by atoms with Gasteiger partial charge in [0.2, 0.25) is 5.78 Å². The molecule has 0 fully saturated rings. The Bertz CT molecular complexity index is 801. The Morgan fingerprint density at radius 2 is 1.81 bits per heavy atom. The summed E-state index contributed by atoms with van der Waals surface area (Å²) in [5, 5.41) is 2.77. The van der Waals surface area contributed by atoms with Crippen LogP contribution in [0.4, 0.5) is 43.0 Å². The molecule has 0 bridgehead atoms. The number of halogens is 6. The van der Waals surface area contributed by atoms with Crippen molar-refractivity contribution in [2.45, 2.75) is 25.4 Å². The molecule has 3 N–H and O–H groups in total. The molecule has 2 rings (SSSR count). The lowest BCUT2D eigenvalue weighted by molar-refractivity contribution is -0.210. The van der Waals surface area contributed by atoms with E-state index < -0.39 is 36.4 Å². The van der Waals surface area contributed by atoms with Crippen molar-refractivity contribution in [3.05, 3.63) is 34.7 Å². The van der Waals surface area contributed by atoms with Crippen LogP contribution in [0.3, 0.4) is 0 Å². The second-order valence-corrected chi connectivity index (χ2v) is 6.35. The fourth-order valence-corrected chi connectivity index (χ4v) is 2.64. The van der Waals surface area contributed by atoms with Gasteiger partial charge in [0.15, 0.2) is 11.2 Å². The zero-order valence-electron chi connectivity index (χ0n) is 13.6. The first-order valence-corrected chi connectivity index (χ1v) is 8.11. The number of hydrogen-bond acceptors (Lipinski definition) is 6. The van der Waals surface area contributed by atoms with E-state index in [1.165, 1.54) is 0 Å². The fourth-order valence-electron chi connectivity index (χ4n) is 1.81. The predicted molar refractivity (Wildman–Crippen MR) is 87.1 cm³/mol. The van der Waals surface area contributed by atoms with Gasteiger partial charge >= 0.3 is 12.4 Å². The number of alkyl halides is 6. The lowest BCUT2D eigenvalue weighted by Crippen LogP contribution is -2.30. The minimum atomic E-state index is -4.60. The highest BCUT2D eigenvalue weighted by molar-refractivity contribution is 7.18. The normalized spacial score (nSPS) is 13.4. The molecule has 0 amide bonds. The summed E-state index contributed by atoms with van der Waals surface area (Å²) in [6.07, 6.45) is -11.2. The van der Waals surface area contributed by atoms with Gasteiger partial charge in [-0.15, -0.1) is 0 Å². The molecule has 1 atom stereocenters. The molecule has 0 aliphatic rings. The standard InChI is InChI=1S/C15H13F6N3O2S/c1-7(14(16,17)18)26-6-10(25)11-12(22)24-13(27-11)23-9-4-2-8(3-5-9)15(19,20)21/h2-5,7H,6,22H2,1H3,(H,23,24). The van der Waals surface area contributed by atoms with Crippen molar-refractivity contribution < 1.29 is 35.9 Å². The van der Waals surface area contributed by atoms with Crippen molar-refractivity contribution in [1.82, 2.24) is 4.98 Å². The van der Waals surface area contributed by atoms with Gasteiger partial charge in [-0.25, -0.2) is 4.98 Å². The number of rotatable bonds is 6. The van der Waals surface area contributed by atoms with E-state index in [0.29, 0.717) is 0 Å². The number of hydrogen-bond donors (Lipinski definition) is 2. The van der Waals surface area contributed by atoms with Crippen LogP contribution in [0.1, 0.15) is 22.2 Å². The van der Waals surface area contributed by atoms with Crippen LogP contribution in [0.15, 0.2) is 24.3 Å². The van der Waals surface area contributed by atoms with Crippen LogP contribution in [0.25, 0.3) is 0 Å². The number of carbonyl (C=O) groups excluding carboxylic acids is 1. The number of nitrogens with zero attached hydrogens (tertiary/aromatic N) is 1. The van der Waals surface area contributed by atoms with Crippen molar-refractivity contribution in [2.24, 2.45) is 0 Å². The second kappa shape index (κ2) is 7.72. The van der Waals surface area contributed by atoms with Crippen molar-refractivity contribution >= 4 is 33.8 Å². The lowest BCUT2D eigenvalue weighted by atomic mass is 10.2. The van der Waals surface area contributed by atoms with Crippen LogP contribution >= 0.6 is 11.3 Å². The number of thiazole rings is 1. The Hall–Kier alpha value is -2.34. The van der Waals surface area contributed by atoms with Gasteiger partial charge < -0.3 is 15.8 Å². The van der Waals surface area contributed by atoms with Crippen molar-refractivity contribution in [3.8, 4) is 0 Å². The first kappa shape index (κ1) is 21.0. The summed E-state index contributed by atoms with van der Waals surface area (Å²) in [6.45, 7) is -0.0757. The zero-order chi connectivity index (χ0) is 20.4. The van der Waals surface area contributed by atoms with E-state index in [1.807, 2.05) is 0 Å².